The summed E-state index contributed by atoms with van der Waals surface area (Å²) in [6, 6.07) is 5.24. The summed E-state index contributed by atoms with van der Waals surface area (Å²) in [5.41, 5.74) is 1.42. The maximum atomic E-state index is 12.8. The van der Waals surface area contributed by atoms with Gasteiger partial charge in [0.1, 0.15) is 0 Å². The number of hydrogen-bond acceptors (Lipinski definition) is 1. The average Bonchev–Trinajstić information content (AvgIpc) is 2.37. The summed E-state index contributed by atoms with van der Waals surface area (Å²) >= 11 is 12.0. The van der Waals surface area contributed by atoms with Gasteiger partial charge in [0.15, 0.2) is 0 Å². The van der Waals surface area contributed by atoms with Crippen molar-refractivity contribution in [3.05, 3.63) is 28.8 Å². The molecule has 19 heavy (non-hydrogen) atoms. The minimum Gasteiger partial charge on any atom is -0.369 e. The van der Waals surface area contributed by atoms with Gasteiger partial charge in [0.2, 0.25) is 0 Å². The largest absolute Gasteiger partial charge is 0.393 e. The first-order chi connectivity index (χ1) is 8.93. The zero-order chi connectivity index (χ0) is 14.0. The Bertz CT molecular complexity index is 448. The number of alkyl halides is 4. The normalized spacial score (nSPS) is 20.7. The van der Waals surface area contributed by atoms with Crippen LogP contribution in [0.1, 0.15) is 18.4 Å². The molecule has 6 heteroatoms. The number of hydrogen-bond donors (Lipinski definition) is 0. The molecule has 106 valence electrons. The molecule has 0 N–H and O–H groups in total. The monoisotopic (exact) mass is 311 g/mol. The molecule has 1 aromatic carbocycles. The van der Waals surface area contributed by atoms with E-state index in [9.17, 15) is 13.2 Å². The quantitative estimate of drug-likeness (QED) is 0.705. The average molecular weight is 312 g/mol. The maximum absolute atomic E-state index is 12.8. The minimum atomic E-state index is -4.15. The van der Waals surface area contributed by atoms with Gasteiger partial charge in [-0.1, -0.05) is 23.7 Å². The van der Waals surface area contributed by atoms with Crippen molar-refractivity contribution in [3.8, 4) is 0 Å². The highest BCUT2D eigenvalue weighted by atomic mass is 35.5. The van der Waals surface area contributed by atoms with Gasteiger partial charge in [-0.3, -0.25) is 0 Å². The lowest BCUT2D eigenvalue weighted by Crippen LogP contribution is -2.42. The summed E-state index contributed by atoms with van der Waals surface area (Å²) in [6.45, 7) is 0.539. The highest BCUT2D eigenvalue weighted by Gasteiger charge is 2.42. The minimum absolute atomic E-state index is 0.0445. The van der Waals surface area contributed by atoms with Crippen molar-refractivity contribution in [1.82, 2.24) is 0 Å². The fourth-order valence-electron chi connectivity index (χ4n) is 2.47. The second kappa shape index (κ2) is 5.80. The fourth-order valence-corrected chi connectivity index (χ4v) is 3.00. The zero-order valence-corrected chi connectivity index (χ0v) is 11.7. The van der Waals surface area contributed by atoms with Gasteiger partial charge in [0.05, 0.1) is 16.6 Å². The summed E-state index contributed by atoms with van der Waals surface area (Å²) in [4.78, 5) is 1.71. The van der Waals surface area contributed by atoms with Crippen LogP contribution in [0.2, 0.25) is 5.02 Å². The third kappa shape index (κ3) is 3.29. The van der Waals surface area contributed by atoms with Gasteiger partial charge in [-0.05, 0) is 24.5 Å². The van der Waals surface area contributed by atoms with Crippen LogP contribution in [0.15, 0.2) is 18.2 Å². The maximum Gasteiger partial charge on any atom is 0.393 e. The Labute approximate surface area is 120 Å². The lowest BCUT2D eigenvalue weighted by atomic mass is 9.96. The first kappa shape index (κ1) is 14.8. The third-order valence-corrected chi connectivity index (χ3v) is 4.01. The Morgan fingerprint density at radius 2 is 2.05 bits per heavy atom. The van der Waals surface area contributed by atoms with Crippen LogP contribution in [-0.4, -0.2) is 19.3 Å². The van der Waals surface area contributed by atoms with E-state index in [1.165, 1.54) is 0 Å². The van der Waals surface area contributed by atoms with Gasteiger partial charge in [0, 0.05) is 19.0 Å². The molecule has 0 radical (unpaired) electrons. The van der Waals surface area contributed by atoms with Gasteiger partial charge in [0.25, 0.3) is 0 Å². The molecule has 1 fully saturated rings. The van der Waals surface area contributed by atoms with E-state index in [1.807, 2.05) is 0 Å². The number of benzene rings is 1. The zero-order valence-electron chi connectivity index (χ0n) is 10.2. The smallest absolute Gasteiger partial charge is 0.369 e. The summed E-state index contributed by atoms with van der Waals surface area (Å²) in [5, 5.41) is 0.459. The third-order valence-electron chi connectivity index (χ3n) is 3.41. The molecule has 1 aliphatic heterocycles. The first-order valence-electron chi connectivity index (χ1n) is 6.08. The van der Waals surface area contributed by atoms with Crippen molar-refractivity contribution in [2.45, 2.75) is 24.9 Å². The van der Waals surface area contributed by atoms with Crippen molar-refractivity contribution in [3.63, 3.8) is 0 Å². The lowest BCUT2D eigenvalue weighted by Gasteiger charge is -2.36. The Morgan fingerprint density at radius 3 is 2.68 bits per heavy atom. The van der Waals surface area contributed by atoms with E-state index >= 15 is 0 Å². The molecule has 0 saturated carbocycles. The first-order valence-corrected chi connectivity index (χ1v) is 6.99. The van der Waals surface area contributed by atoms with Crippen molar-refractivity contribution in [2.75, 3.05) is 18.0 Å². The number of piperidine rings is 1. The molecule has 1 aromatic rings. The van der Waals surface area contributed by atoms with E-state index in [2.05, 4.69) is 0 Å². The van der Waals surface area contributed by atoms with Crippen LogP contribution < -0.4 is 4.90 Å². The molecule has 1 nitrogen and oxygen atoms in total. The van der Waals surface area contributed by atoms with Gasteiger partial charge in [-0.25, -0.2) is 0 Å². The standard InChI is InChI=1S/C13H14Cl2F3N/c14-7-9-3-1-5-11(15)12(9)19-6-2-4-10(8-19)13(16,17)18/h1,3,5,10H,2,4,6-8H2. The van der Waals surface area contributed by atoms with Gasteiger partial charge in [-0.2, -0.15) is 13.2 Å². The van der Waals surface area contributed by atoms with Crippen LogP contribution >= 0.6 is 23.2 Å². The van der Waals surface area contributed by atoms with Crippen molar-refractivity contribution < 1.29 is 13.2 Å². The Morgan fingerprint density at radius 1 is 1.32 bits per heavy atom. The molecule has 0 aliphatic carbocycles. The molecular weight excluding hydrogens is 298 g/mol. The summed E-state index contributed by atoms with van der Waals surface area (Å²) in [7, 11) is 0. The van der Waals surface area contributed by atoms with Crippen molar-refractivity contribution >= 4 is 28.9 Å². The van der Waals surface area contributed by atoms with Crippen LogP contribution in [0.3, 0.4) is 0 Å². The molecule has 1 saturated heterocycles. The molecule has 1 heterocycles. The Kier molecular flexibility index (Phi) is 4.51. The number of rotatable bonds is 2. The highest BCUT2D eigenvalue weighted by molar-refractivity contribution is 6.33. The van der Waals surface area contributed by atoms with Gasteiger partial charge >= 0.3 is 6.18 Å². The van der Waals surface area contributed by atoms with Gasteiger partial charge < -0.3 is 4.90 Å². The predicted molar refractivity (Wildman–Crippen MR) is 72.0 cm³/mol. The number of para-hydroxylation sites is 1. The fraction of sp³-hybridized carbons (Fsp3) is 0.538. The molecular formula is C13H14Cl2F3N. The van der Waals surface area contributed by atoms with Gasteiger partial charge in [-0.15, -0.1) is 11.6 Å². The number of anilines is 1. The van der Waals surface area contributed by atoms with E-state index in [1.54, 1.807) is 23.1 Å². The topological polar surface area (TPSA) is 3.24 Å². The van der Waals surface area contributed by atoms with E-state index in [-0.39, 0.29) is 18.8 Å². The predicted octanol–water partition coefficient (Wildman–Crippen LogP) is 4.86. The SMILES string of the molecule is FC(F)(F)C1CCCN(c2c(Cl)cccc2CCl)C1. The number of nitrogens with zero attached hydrogens (tertiary/aromatic N) is 1. The molecule has 0 spiro atoms. The second-order valence-electron chi connectivity index (χ2n) is 4.71. The van der Waals surface area contributed by atoms with Crippen LogP contribution in [0.4, 0.5) is 18.9 Å². The summed E-state index contributed by atoms with van der Waals surface area (Å²) in [5.74, 6) is -1.05. The molecule has 0 amide bonds. The van der Waals surface area contributed by atoms with E-state index < -0.39 is 12.1 Å². The highest BCUT2D eigenvalue weighted by Crippen LogP contribution is 2.38. The van der Waals surface area contributed by atoms with Crippen molar-refractivity contribution in [1.29, 1.82) is 0 Å². The molecule has 0 aromatic heterocycles. The Hall–Kier alpha value is -0.610. The Balaban J connectivity index is 2.27. The van der Waals surface area contributed by atoms with E-state index in [4.69, 9.17) is 23.2 Å². The van der Waals surface area contributed by atoms with E-state index in [0.717, 1.165) is 5.56 Å². The molecule has 2 rings (SSSR count). The summed E-state index contributed by atoms with van der Waals surface area (Å²) in [6.07, 6.45) is -3.46. The molecule has 1 aliphatic rings. The molecule has 0 bridgehead atoms. The molecule has 1 atom stereocenters. The molecule has 1 unspecified atom stereocenters. The van der Waals surface area contributed by atoms with Crippen LogP contribution in [-0.2, 0) is 5.88 Å². The van der Waals surface area contributed by atoms with Crippen LogP contribution in [0.25, 0.3) is 0 Å². The van der Waals surface area contributed by atoms with Crippen LogP contribution in [0, 0.1) is 5.92 Å². The van der Waals surface area contributed by atoms with Crippen molar-refractivity contribution in [2.24, 2.45) is 5.92 Å². The van der Waals surface area contributed by atoms with Crippen LogP contribution in [0.5, 0.6) is 0 Å². The lowest BCUT2D eigenvalue weighted by molar-refractivity contribution is -0.176. The second-order valence-corrected chi connectivity index (χ2v) is 5.38. The number of halogens is 5. The van der Waals surface area contributed by atoms with E-state index in [0.29, 0.717) is 23.7 Å². The summed E-state index contributed by atoms with van der Waals surface area (Å²) < 4.78 is 38.5.